The van der Waals surface area contributed by atoms with Gasteiger partial charge in [0.25, 0.3) is 5.91 Å². The number of ether oxygens (including phenoxy) is 2. The predicted octanol–water partition coefficient (Wildman–Crippen LogP) is 4.59. The van der Waals surface area contributed by atoms with Crippen LogP contribution < -0.4 is 9.47 Å². The molecule has 4 heterocycles. The van der Waals surface area contributed by atoms with Gasteiger partial charge in [-0.15, -0.1) is 0 Å². The zero-order chi connectivity index (χ0) is 21.8. The second-order valence-corrected chi connectivity index (χ2v) is 8.57. The molecule has 0 fully saturated rings. The molecule has 2 aromatic carbocycles. The van der Waals surface area contributed by atoms with Crippen molar-refractivity contribution in [2.45, 2.75) is 13.5 Å². The quantitative estimate of drug-likeness (QED) is 0.601. The summed E-state index contributed by atoms with van der Waals surface area (Å²) in [6.45, 7) is 2.80. The summed E-state index contributed by atoms with van der Waals surface area (Å²) in [4.78, 5) is 18.6. The Morgan fingerprint density at radius 3 is 2.94 bits per heavy atom. The van der Waals surface area contributed by atoms with E-state index in [1.807, 2.05) is 54.9 Å². The van der Waals surface area contributed by atoms with Gasteiger partial charge < -0.3 is 14.0 Å². The molecule has 1 amide bonds. The summed E-state index contributed by atoms with van der Waals surface area (Å²) < 4.78 is 13.1. The third kappa shape index (κ3) is 2.95. The van der Waals surface area contributed by atoms with Crippen molar-refractivity contribution in [1.82, 2.24) is 9.47 Å². The van der Waals surface area contributed by atoms with Crippen LogP contribution in [0.4, 0.5) is 0 Å². The molecule has 0 saturated heterocycles. The highest BCUT2D eigenvalue weighted by Crippen LogP contribution is 2.35. The first kappa shape index (κ1) is 18.9. The Morgan fingerprint density at radius 2 is 2.03 bits per heavy atom. The third-order valence-electron chi connectivity index (χ3n) is 5.69. The average molecular weight is 443 g/mol. The Hall–Kier alpha value is -3.78. The number of para-hydroxylation sites is 1. The zero-order valence-electron chi connectivity index (χ0n) is 17.2. The van der Waals surface area contributed by atoms with E-state index in [4.69, 9.17) is 14.9 Å². The number of allylic oxidation sites excluding steroid dienone is 1. The highest BCUT2D eigenvalue weighted by atomic mass is 32.2. The minimum absolute atomic E-state index is 0.159. The van der Waals surface area contributed by atoms with E-state index < -0.39 is 0 Å². The summed E-state index contributed by atoms with van der Waals surface area (Å²) in [6, 6.07) is 14.0. The zero-order valence-corrected chi connectivity index (χ0v) is 18.0. The number of hydrogen-bond donors (Lipinski definition) is 1. The van der Waals surface area contributed by atoms with Crippen molar-refractivity contribution in [2.75, 3.05) is 6.79 Å². The smallest absolute Gasteiger partial charge is 0.283 e. The molecule has 0 saturated carbocycles. The van der Waals surface area contributed by atoms with Crippen molar-refractivity contribution in [3.63, 3.8) is 0 Å². The summed E-state index contributed by atoms with van der Waals surface area (Å²) >= 11 is 1.37. The van der Waals surface area contributed by atoms with Crippen molar-refractivity contribution < 1.29 is 14.3 Å². The molecule has 3 aliphatic rings. The van der Waals surface area contributed by atoms with Crippen molar-refractivity contribution in [3.05, 3.63) is 76.5 Å². The largest absolute Gasteiger partial charge is 0.454 e. The highest BCUT2D eigenvalue weighted by Gasteiger charge is 2.34. The molecule has 8 heteroatoms. The summed E-state index contributed by atoms with van der Waals surface area (Å²) in [5.74, 6) is 1.29. The number of aromatic nitrogens is 1. The Bertz CT molecular complexity index is 1420. The Morgan fingerprint density at radius 1 is 1.19 bits per heavy atom. The molecule has 0 radical (unpaired) electrons. The normalized spacial score (nSPS) is 18.4. The van der Waals surface area contributed by atoms with E-state index in [9.17, 15) is 4.79 Å². The van der Waals surface area contributed by atoms with Crippen molar-refractivity contribution in [2.24, 2.45) is 4.99 Å². The van der Waals surface area contributed by atoms with E-state index in [2.05, 4.69) is 15.6 Å². The van der Waals surface area contributed by atoms with Gasteiger partial charge in [0.05, 0.1) is 5.57 Å². The molecule has 7 nitrogen and oxygen atoms in total. The maximum Gasteiger partial charge on any atom is 0.283 e. The van der Waals surface area contributed by atoms with Crippen LogP contribution in [0.15, 0.2) is 70.3 Å². The van der Waals surface area contributed by atoms with E-state index in [-0.39, 0.29) is 24.1 Å². The third-order valence-corrected chi connectivity index (χ3v) is 6.64. The van der Waals surface area contributed by atoms with E-state index in [0.717, 1.165) is 39.2 Å². The number of aliphatic imine (C=N–C) groups is 1. The molecular weight excluding hydrogens is 424 g/mol. The second kappa shape index (κ2) is 7.13. The highest BCUT2D eigenvalue weighted by molar-refractivity contribution is 8.16. The van der Waals surface area contributed by atoms with Gasteiger partial charge in [-0.2, -0.15) is 4.99 Å². The summed E-state index contributed by atoms with van der Waals surface area (Å²) in [6.07, 6.45) is 3.79. The van der Waals surface area contributed by atoms with Crippen LogP contribution in [0.5, 0.6) is 11.5 Å². The van der Waals surface area contributed by atoms with Gasteiger partial charge in [-0.05, 0) is 42.2 Å². The molecule has 0 aliphatic carbocycles. The van der Waals surface area contributed by atoms with E-state index in [1.165, 1.54) is 11.8 Å². The number of amides is 1. The monoisotopic (exact) mass is 442 g/mol. The molecule has 158 valence electrons. The fourth-order valence-corrected chi connectivity index (χ4v) is 5.01. The Labute approximate surface area is 188 Å². The van der Waals surface area contributed by atoms with Crippen molar-refractivity contribution >= 4 is 45.7 Å². The Kier molecular flexibility index (Phi) is 4.22. The number of benzene rings is 2. The van der Waals surface area contributed by atoms with Crippen LogP contribution in [0.3, 0.4) is 0 Å². The van der Waals surface area contributed by atoms with Crippen LogP contribution in [0.1, 0.15) is 18.1 Å². The van der Waals surface area contributed by atoms with E-state index >= 15 is 0 Å². The van der Waals surface area contributed by atoms with Crippen LogP contribution in [-0.2, 0) is 11.3 Å². The standard InChI is InChI=1S/C24H18N4O3S/c1-14-12-32-24-26-23(29)18(22(25)28(14)24)9-16-11-27(19-5-3-2-4-17(16)19)10-15-6-7-20-21(8-15)31-13-30-20/h2-9,11-12,25H,10,13H2,1H3/b18-9-,25-22?. The average Bonchev–Trinajstić information content (AvgIpc) is 3.49. The summed E-state index contributed by atoms with van der Waals surface area (Å²) in [5, 5.41) is 12.1. The van der Waals surface area contributed by atoms with Gasteiger partial charge in [0, 0.05) is 34.9 Å². The van der Waals surface area contributed by atoms with Gasteiger partial charge in [0.2, 0.25) is 6.79 Å². The molecular formula is C24H18N4O3S. The lowest BCUT2D eigenvalue weighted by Crippen LogP contribution is -2.37. The minimum Gasteiger partial charge on any atom is -0.454 e. The molecule has 1 N–H and O–H groups in total. The molecule has 1 aromatic heterocycles. The molecule has 0 atom stereocenters. The number of fused-ring (bicyclic) bond motifs is 3. The fraction of sp³-hybridized carbons (Fsp3) is 0.125. The maximum atomic E-state index is 12.7. The van der Waals surface area contributed by atoms with Gasteiger partial charge in [0.15, 0.2) is 16.7 Å². The first-order valence-corrected chi connectivity index (χ1v) is 11.0. The molecule has 6 rings (SSSR count). The van der Waals surface area contributed by atoms with Gasteiger partial charge in [-0.3, -0.25) is 15.1 Å². The summed E-state index contributed by atoms with van der Waals surface area (Å²) in [7, 11) is 0. The first-order valence-electron chi connectivity index (χ1n) is 10.1. The van der Waals surface area contributed by atoms with Crippen molar-refractivity contribution in [3.8, 4) is 11.5 Å². The molecule has 0 spiro atoms. The van der Waals surface area contributed by atoms with Gasteiger partial charge in [0.1, 0.15) is 5.84 Å². The van der Waals surface area contributed by atoms with Crippen LogP contribution in [-0.4, -0.2) is 33.2 Å². The van der Waals surface area contributed by atoms with Crippen molar-refractivity contribution in [1.29, 1.82) is 5.41 Å². The van der Waals surface area contributed by atoms with Crippen LogP contribution in [0.25, 0.3) is 17.0 Å². The number of thioether (sulfide) groups is 1. The van der Waals surface area contributed by atoms with Crippen LogP contribution in [0.2, 0.25) is 0 Å². The van der Waals surface area contributed by atoms with Gasteiger partial charge >= 0.3 is 0 Å². The Balaban J connectivity index is 1.41. The molecule has 0 unspecified atom stereocenters. The predicted molar refractivity (Wildman–Crippen MR) is 125 cm³/mol. The fourth-order valence-electron chi connectivity index (χ4n) is 4.15. The summed E-state index contributed by atoms with van der Waals surface area (Å²) in [5.41, 5.74) is 4.18. The number of carbonyl (C=O) groups is 1. The van der Waals surface area contributed by atoms with Gasteiger partial charge in [-0.1, -0.05) is 36.0 Å². The first-order chi connectivity index (χ1) is 15.6. The number of amidine groups is 2. The molecule has 3 aromatic rings. The molecule has 32 heavy (non-hydrogen) atoms. The molecule has 3 aliphatic heterocycles. The minimum atomic E-state index is -0.385. The second-order valence-electron chi connectivity index (χ2n) is 7.74. The lowest BCUT2D eigenvalue weighted by molar-refractivity contribution is -0.114. The van der Waals surface area contributed by atoms with Gasteiger partial charge in [-0.25, -0.2) is 0 Å². The van der Waals surface area contributed by atoms with E-state index in [0.29, 0.717) is 11.7 Å². The maximum absolute atomic E-state index is 12.7. The number of rotatable bonds is 3. The topological polar surface area (TPSA) is 79.9 Å². The number of hydrogen-bond acceptors (Lipinski definition) is 5. The lowest BCUT2D eigenvalue weighted by Gasteiger charge is -2.25. The molecule has 0 bridgehead atoms. The lowest BCUT2D eigenvalue weighted by atomic mass is 10.1. The SMILES string of the molecule is CC1=CSC2=NC(=O)/C(=C\c3cn(Cc4ccc5c(c4)OCO5)c4ccccc34)C(=N)N12. The van der Waals surface area contributed by atoms with Crippen LogP contribution >= 0.6 is 11.8 Å². The number of carbonyl (C=O) groups excluding carboxylic acids is 1. The van der Waals surface area contributed by atoms with Crippen LogP contribution in [0, 0.1) is 5.41 Å². The number of nitrogens with zero attached hydrogens (tertiary/aromatic N) is 3. The van der Waals surface area contributed by atoms with E-state index in [1.54, 1.807) is 11.0 Å². The number of nitrogens with one attached hydrogen (secondary N) is 1.